The third kappa shape index (κ3) is 8.82. The third-order valence-corrected chi connectivity index (χ3v) is 7.01. The molecule has 3 atom stereocenters. The number of aromatic nitrogens is 2. The average Bonchev–Trinajstić information content (AvgIpc) is 2.91. The average molecular weight is 539 g/mol. The monoisotopic (exact) mass is 538 g/mol. The number of rotatable bonds is 12. The molecule has 0 amide bonds. The van der Waals surface area contributed by atoms with Gasteiger partial charge in [-0.2, -0.15) is 13.2 Å². The maximum absolute atomic E-state index is 12.8. The van der Waals surface area contributed by atoms with Crippen molar-refractivity contribution in [2.45, 2.75) is 77.4 Å². The molecule has 0 saturated heterocycles. The van der Waals surface area contributed by atoms with Gasteiger partial charge in [-0.3, -0.25) is 19.8 Å². The molecule has 0 radical (unpaired) electrons. The van der Waals surface area contributed by atoms with E-state index in [2.05, 4.69) is 35.4 Å². The van der Waals surface area contributed by atoms with Crippen LogP contribution in [-0.4, -0.2) is 28.0 Å². The van der Waals surface area contributed by atoms with E-state index in [0.29, 0.717) is 31.4 Å². The van der Waals surface area contributed by atoms with E-state index in [0.717, 1.165) is 53.1 Å². The van der Waals surface area contributed by atoms with Crippen molar-refractivity contribution in [2.75, 3.05) is 0 Å². The molecule has 39 heavy (non-hydrogen) atoms. The van der Waals surface area contributed by atoms with Gasteiger partial charge in [0.2, 0.25) is 0 Å². The predicted octanol–water partition coefficient (Wildman–Crippen LogP) is 6.95. The van der Waals surface area contributed by atoms with Crippen LogP contribution < -0.4 is 5.73 Å². The number of ketones is 1. The number of allylic oxidation sites excluding steroid dienone is 3. The van der Waals surface area contributed by atoms with Gasteiger partial charge in [0.25, 0.3) is 0 Å². The number of hydrogen-bond donors (Lipinski definition) is 1. The fourth-order valence-corrected chi connectivity index (χ4v) is 4.27. The molecule has 2 aromatic rings. The lowest BCUT2D eigenvalue weighted by atomic mass is 9.90. The highest BCUT2D eigenvalue weighted by Crippen LogP contribution is 2.29. The normalized spacial score (nSPS) is 18.1. The number of alkyl halides is 3. The second-order valence-electron chi connectivity index (χ2n) is 10.2. The number of hydrogen-bond acceptors (Lipinski definition) is 5. The van der Waals surface area contributed by atoms with E-state index in [1.165, 1.54) is 12.1 Å². The van der Waals surface area contributed by atoms with Crippen LogP contribution in [-0.2, 0) is 23.8 Å². The second kappa shape index (κ2) is 13.6. The van der Waals surface area contributed by atoms with Crippen LogP contribution in [0.5, 0.6) is 0 Å². The lowest BCUT2D eigenvalue weighted by Gasteiger charge is -2.18. The molecule has 1 aromatic heterocycles. The van der Waals surface area contributed by atoms with E-state index < -0.39 is 11.7 Å². The molecule has 5 nitrogen and oxygen atoms in total. The topological polar surface area (TPSA) is 81.2 Å². The van der Waals surface area contributed by atoms with Crippen LogP contribution in [0.25, 0.3) is 0 Å². The van der Waals surface area contributed by atoms with Crippen molar-refractivity contribution < 1.29 is 18.0 Å². The number of benzene rings is 1. The molecule has 0 saturated carbocycles. The van der Waals surface area contributed by atoms with Crippen LogP contribution in [0.4, 0.5) is 13.2 Å². The molecule has 1 aliphatic heterocycles. The van der Waals surface area contributed by atoms with E-state index >= 15 is 0 Å². The largest absolute Gasteiger partial charge is 0.416 e. The minimum Gasteiger partial charge on any atom is -0.324 e. The molecule has 3 unspecified atom stereocenters. The Morgan fingerprint density at radius 2 is 1.85 bits per heavy atom. The van der Waals surface area contributed by atoms with Crippen molar-refractivity contribution in [1.82, 2.24) is 9.97 Å². The lowest BCUT2D eigenvalue weighted by molar-refractivity contribution is -0.137. The Kier molecular flexibility index (Phi) is 10.5. The summed E-state index contributed by atoms with van der Waals surface area (Å²) in [7, 11) is 0. The Morgan fingerprint density at radius 1 is 1.13 bits per heavy atom. The number of Topliss-reactive ketones (excluding diaryl/α,β-unsaturated/α-hetero) is 1. The first-order valence-electron chi connectivity index (χ1n) is 13.4. The van der Waals surface area contributed by atoms with Crippen LogP contribution in [0, 0.1) is 5.92 Å². The van der Waals surface area contributed by atoms with Crippen molar-refractivity contribution in [2.24, 2.45) is 16.6 Å². The van der Waals surface area contributed by atoms with E-state index in [1.54, 1.807) is 12.4 Å². The minimum absolute atomic E-state index is 0.00927. The first kappa shape index (κ1) is 30.2. The van der Waals surface area contributed by atoms with E-state index in [9.17, 15) is 18.0 Å². The Labute approximate surface area is 228 Å². The van der Waals surface area contributed by atoms with Gasteiger partial charge in [-0.15, -0.1) is 0 Å². The molecule has 1 aromatic carbocycles. The Bertz CT molecular complexity index is 1230. The standard InChI is InChI=1S/C31H37F3N4O/c1-5-24-17-37-28(16-25(24)15-21(3)22(4)35)30(39)8-6-7-20(2)29-19-36-27(18-38-29)14-11-23-9-12-26(13-10-23)31(32,33)34/h9-10,12-13,15-20,22,24H,3,5-8,11,14,35H2,1-2,4H3/b25-15-. The zero-order valence-electron chi connectivity index (χ0n) is 22.8. The zero-order valence-corrected chi connectivity index (χ0v) is 22.8. The van der Waals surface area contributed by atoms with Crippen LogP contribution in [0.15, 0.2) is 77.2 Å². The summed E-state index contributed by atoms with van der Waals surface area (Å²) in [5.74, 6) is 0.288. The SMILES string of the molecule is C=C(/C=C1/C=C(C(=O)CCCC(C)c2cnc(CCc3ccc(C(F)(F)F)cc3)cn2)N=CC1CC)C(C)N. The van der Waals surface area contributed by atoms with E-state index in [-0.39, 0.29) is 23.7 Å². The number of carbonyl (C=O) groups is 1. The van der Waals surface area contributed by atoms with Crippen LogP contribution in [0.3, 0.4) is 0 Å². The third-order valence-electron chi connectivity index (χ3n) is 7.01. The molecule has 2 N–H and O–H groups in total. The fraction of sp³-hybridized carbons (Fsp3) is 0.419. The summed E-state index contributed by atoms with van der Waals surface area (Å²) in [6, 6.07) is 5.05. The van der Waals surface area contributed by atoms with Gasteiger partial charge in [-0.25, -0.2) is 0 Å². The number of nitrogens with zero attached hydrogens (tertiary/aromatic N) is 3. The lowest BCUT2D eigenvalue weighted by Crippen LogP contribution is -2.18. The highest BCUT2D eigenvalue weighted by atomic mass is 19.4. The Hall–Kier alpha value is -3.39. The second-order valence-corrected chi connectivity index (χ2v) is 10.2. The fourth-order valence-electron chi connectivity index (χ4n) is 4.27. The zero-order chi connectivity index (χ0) is 28.6. The van der Waals surface area contributed by atoms with Gasteiger partial charge in [0.05, 0.1) is 17.0 Å². The smallest absolute Gasteiger partial charge is 0.324 e. The van der Waals surface area contributed by atoms with Crippen molar-refractivity contribution in [3.05, 3.63) is 94.7 Å². The summed E-state index contributed by atoms with van der Waals surface area (Å²) in [5.41, 5.74) is 10.0. The number of carbonyl (C=O) groups excluding carboxylic acids is 1. The number of aliphatic imine (C=N–C) groups is 1. The number of halogens is 3. The molecular formula is C31H37F3N4O. The molecule has 0 aliphatic carbocycles. The maximum atomic E-state index is 12.8. The molecule has 1 aliphatic rings. The summed E-state index contributed by atoms with van der Waals surface area (Å²) >= 11 is 0. The molecule has 0 fully saturated rings. The molecule has 2 heterocycles. The minimum atomic E-state index is -4.33. The summed E-state index contributed by atoms with van der Waals surface area (Å²) in [5, 5.41) is 0. The summed E-state index contributed by atoms with van der Waals surface area (Å²) in [4.78, 5) is 26.3. The highest BCUT2D eigenvalue weighted by Gasteiger charge is 2.29. The Morgan fingerprint density at radius 3 is 2.44 bits per heavy atom. The van der Waals surface area contributed by atoms with Crippen molar-refractivity contribution >= 4 is 12.0 Å². The van der Waals surface area contributed by atoms with Gasteiger partial charge < -0.3 is 5.73 Å². The molecule has 208 valence electrons. The molecule has 0 bridgehead atoms. The first-order chi connectivity index (χ1) is 18.5. The van der Waals surface area contributed by atoms with Crippen molar-refractivity contribution in [1.29, 1.82) is 0 Å². The summed E-state index contributed by atoms with van der Waals surface area (Å²) in [6.45, 7) is 10.0. The van der Waals surface area contributed by atoms with Crippen LogP contribution >= 0.6 is 0 Å². The van der Waals surface area contributed by atoms with Gasteiger partial charge >= 0.3 is 6.18 Å². The van der Waals surface area contributed by atoms with Crippen LogP contribution in [0.2, 0.25) is 0 Å². The quantitative estimate of drug-likeness (QED) is 0.317. The van der Waals surface area contributed by atoms with Gasteiger partial charge in [0.15, 0.2) is 5.78 Å². The molecule has 3 rings (SSSR count). The van der Waals surface area contributed by atoms with Crippen LogP contribution in [0.1, 0.15) is 74.9 Å². The Balaban J connectivity index is 1.49. The highest BCUT2D eigenvalue weighted by molar-refractivity contribution is 5.98. The first-order valence-corrected chi connectivity index (χ1v) is 13.4. The van der Waals surface area contributed by atoms with Gasteiger partial charge in [-0.1, -0.05) is 38.6 Å². The molecular weight excluding hydrogens is 501 g/mol. The van der Waals surface area contributed by atoms with Gasteiger partial charge in [-0.05, 0) is 79.9 Å². The summed E-state index contributed by atoms with van der Waals surface area (Å²) < 4.78 is 38.2. The molecule has 0 spiro atoms. The van der Waals surface area contributed by atoms with E-state index in [4.69, 9.17) is 5.73 Å². The van der Waals surface area contributed by atoms with E-state index in [1.807, 2.05) is 25.3 Å². The van der Waals surface area contributed by atoms with Gasteiger partial charge in [0.1, 0.15) is 5.70 Å². The number of aryl methyl sites for hydroxylation is 2. The van der Waals surface area contributed by atoms with Crippen molar-refractivity contribution in [3.63, 3.8) is 0 Å². The predicted molar refractivity (Wildman–Crippen MR) is 149 cm³/mol. The molecule has 8 heteroatoms. The maximum Gasteiger partial charge on any atom is 0.416 e. The van der Waals surface area contributed by atoms with Crippen molar-refractivity contribution in [3.8, 4) is 0 Å². The number of nitrogens with two attached hydrogens (primary N) is 1. The van der Waals surface area contributed by atoms with Gasteiger partial charge in [0, 0.05) is 37.0 Å². The summed E-state index contributed by atoms with van der Waals surface area (Å²) in [6.07, 6.45) is 8.73.